The van der Waals surface area contributed by atoms with Crippen molar-refractivity contribution >= 4 is 23.6 Å². The van der Waals surface area contributed by atoms with E-state index in [1.165, 1.54) is 25.7 Å². The fourth-order valence-corrected chi connectivity index (χ4v) is 3.20. The standard InChI is InChI=1S/C23H33N3O4/c1-23(2,3)30-22(29)24-14-13-21(28)26-19-10-6-9-18(15-19)16-25-20(27)12-11-17-7-4-5-8-17/h6,9-12,15,17H,4-5,7-8,13-14,16H2,1-3H3,(H,24,29)(H,25,27)(H,26,28)/b12-11+. The Morgan fingerprint density at radius 1 is 1.13 bits per heavy atom. The molecule has 1 fully saturated rings. The third-order valence-corrected chi connectivity index (χ3v) is 4.62. The third-order valence-electron chi connectivity index (χ3n) is 4.62. The highest BCUT2D eigenvalue weighted by molar-refractivity contribution is 5.91. The molecule has 7 heteroatoms. The van der Waals surface area contributed by atoms with E-state index in [9.17, 15) is 14.4 Å². The highest BCUT2D eigenvalue weighted by atomic mass is 16.6. The van der Waals surface area contributed by atoms with Gasteiger partial charge in [-0.15, -0.1) is 0 Å². The van der Waals surface area contributed by atoms with Crippen LogP contribution in [0, 0.1) is 5.92 Å². The van der Waals surface area contributed by atoms with Gasteiger partial charge in [0.05, 0.1) is 0 Å². The maximum Gasteiger partial charge on any atom is 0.407 e. The van der Waals surface area contributed by atoms with Crippen LogP contribution in [-0.2, 0) is 20.9 Å². The molecule has 0 unspecified atom stereocenters. The average Bonchev–Trinajstić information content (AvgIpc) is 3.17. The molecule has 1 aliphatic carbocycles. The van der Waals surface area contributed by atoms with E-state index in [-0.39, 0.29) is 24.8 Å². The molecule has 0 radical (unpaired) electrons. The van der Waals surface area contributed by atoms with Gasteiger partial charge in [0.1, 0.15) is 5.60 Å². The zero-order valence-electron chi connectivity index (χ0n) is 18.1. The normalized spacial score (nSPS) is 14.5. The number of carbonyl (C=O) groups is 3. The largest absolute Gasteiger partial charge is 0.444 e. The fourth-order valence-electron chi connectivity index (χ4n) is 3.20. The van der Waals surface area contributed by atoms with Crippen LogP contribution in [0.1, 0.15) is 58.4 Å². The van der Waals surface area contributed by atoms with Crippen molar-refractivity contribution in [1.29, 1.82) is 0 Å². The first-order chi connectivity index (χ1) is 14.2. The number of carbonyl (C=O) groups excluding carboxylic acids is 3. The second-order valence-corrected chi connectivity index (χ2v) is 8.55. The molecule has 0 aromatic heterocycles. The van der Waals surface area contributed by atoms with Crippen LogP contribution in [0.5, 0.6) is 0 Å². The predicted octanol–water partition coefficient (Wildman–Crippen LogP) is 3.90. The monoisotopic (exact) mass is 415 g/mol. The van der Waals surface area contributed by atoms with Crippen molar-refractivity contribution in [2.45, 2.75) is 65.0 Å². The molecule has 3 N–H and O–H groups in total. The van der Waals surface area contributed by atoms with Gasteiger partial charge in [-0.25, -0.2) is 4.79 Å². The summed E-state index contributed by atoms with van der Waals surface area (Å²) in [4.78, 5) is 35.7. The van der Waals surface area contributed by atoms with Gasteiger partial charge >= 0.3 is 6.09 Å². The highest BCUT2D eigenvalue weighted by Crippen LogP contribution is 2.25. The quantitative estimate of drug-likeness (QED) is 0.561. The van der Waals surface area contributed by atoms with Crippen molar-refractivity contribution in [2.75, 3.05) is 11.9 Å². The van der Waals surface area contributed by atoms with Crippen LogP contribution >= 0.6 is 0 Å². The van der Waals surface area contributed by atoms with Crippen LogP contribution in [0.4, 0.5) is 10.5 Å². The lowest BCUT2D eigenvalue weighted by Gasteiger charge is -2.19. The number of benzene rings is 1. The Hall–Kier alpha value is -2.83. The first-order valence-electron chi connectivity index (χ1n) is 10.5. The number of hydrogen-bond donors (Lipinski definition) is 3. The van der Waals surface area contributed by atoms with E-state index in [1.807, 2.05) is 24.3 Å². The molecule has 1 aromatic carbocycles. The first kappa shape index (κ1) is 23.4. The van der Waals surface area contributed by atoms with Gasteiger partial charge in [0.25, 0.3) is 0 Å². The van der Waals surface area contributed by atoms with Crippen molar-refractivity contribution in [1.82, 2.24) is 10.6 Å². The molecule has 1 aromatic rings. The van der Waals surface area contributed by atoms with Crippen LogP contribution in [0.15, 0.2) is 36.4 Å². The van der Waals surface area contributed by atoms with Crippen molar-refractivity contribution in [3.8, 4) is 0 Å². The summed E-state index contributed by atoms with van der Waals surface area (Å²) in [5.41, 5.74) is 0.960. The molecule has 30 heavy (non-hydrogen) atoms. The van der Waals surface area contributed by atoms with Crippen molar-refractivity contribution in [3.05, 3.63) is 42.0 Å². The minimum absolute atomic E-state index is 0.107. The molecule has 0 heterocycles. The van der Waals surface area contributed by atoms with Gasteiger partial charge in [0, 0.05) is 25.2 Å². The van der Waals surface area contributed by atoms with Gasteiger partial charge in [-0.3, -0.25) is 9.59 Å². The molecule has 3 amide bonds. The zero-order chi connectivity index (χ0) is 22.0. The molecule has 0 atom stereocenters. The zero-order valence-corrected chi connectivity index (χ0v) is 18.1. The summed E-state index contributed by atoms with van der Waals surface area (Å²) in [7, 11) is 0. The maximum atomic E-state index is 12.1. The summed E-state index contributed by atoms with van der Waals surface area (Å²) in [5.74, 6) is 0.204. The molecule has 164 valence electrons. The molecule has 0 spiro atoms. The summed E-state index contributed by atoms with van der Waals surface area (Å²) < 4.78 is 5.12. The number of allylic oxidation sites excluding steroid dienone is 1. The Bertz CT molecular complexity index is 762. The summed E-state index contributed by atoms with van der Waals surface area (Å²) in [6.45, 7) is 5.91. The lowest BCUT2D eigenvalue weighted by Crippen LogP contribution is -2.34. The highest BCUT2D eigenvalue weighted by Gasteiger charge is 2.16. The van der Waals surface area contributed by atoms with E-state index >= 15 is 0 Å². The van der Waals surface area contributed by atoms with Crippen molar-refractivity contribution < 1.29 is 19.1 Å². The Morgan fingerprint density at radius 2 is 1.87 bits per heavy atom. The summed E-state index contributed by atoms with van der Waals surface area (Å²) in [5, 5.41) is 8.22. The smallest absolute Gasteiger partial charge is 0.407 e. The summed E-state index contributed by atoms with van der Waals surface area (Å²) in [6.07, 6.45) is 8.03. The van der Waals surface area contributed by atoms with Crippen LogP contribution in [0.25, 0.3) is 0 Å². The molecular formula is C23H33N3O4. The number of rotatable bonds is 8. The van der Waals surface area contributed by atoms with E-state index in [1.54, 1.807) is 32.9 Å². The molecule has 1 aliphatic rings. The Balaban J connectivity index is 1.71. The van der Waals surface area contributed by atoms with Crippen molar-refractivity contribution in [2.24, 2.45) is 5.92 Å². The minimum Gasteiger partial charge on any atom is -0.444 e. The Labute approximate surface area is 178 Å². The van der Waals surface area contributed by atoms with E-state index in [4.69, 9.17) is 4.74 Å². The molecular weight excluding hydrogens is 382 g/mol. The second-order valence-electron chi connectivity index (χ2n) is 8.55. The Morgan fingerprint density at radius 3 is 2.57 bits per heavy atom. The van der Waals surface area contributed by atoms with Gasteiger partial charge in [0.2, 0.25) is 11.8 Å². The minimum atomic E-state index is -0.575. The van der Waals surface area contributed by atoms with E-state index in [0.29, 0.717) is 18.2 Å². The van der Waals surface area contributed by atoms with Crippen LogP contribution < -0.4 is 16.0 Å². The first-order valence-corrected chi connectivity index (χ1v) is 10.5. The number of alkyl carbamates (subject to hydrolysis) is 1. The van der Waals surface area contributed by atoms with Crippen LogP contribution in [0.3, 0.4) is 0 Å². The summed E-state index contributed by atoms with van der Waals surface area (Å²) >= 11 is 0. The van der Waals surface area contributed by atoms with Gasteiger partial charge < -0.3 is 20.7 Å². The lowest BCUT2D eigenvalue weighted by molar-refractivity contribution is -0.117. The van der Waals surface area contributed by atoms with Crippen molar-refractivity contribution in [3.63, 3.8) is 0 Å². The molecule has 7 nitrogen and oxygen atoms in total. The van der Waals surface area contributed by atoms with Gasteiger partial charge in [-0.2, -0.15) is 0 Å². The topological polar surface area (TPSA) is 96.5 Å². The SMILES string of the molecule is CC(C)(C)OC(=O)NCCC(=O)Nc1cccc(CNC(=O)/C=C/C2CCCC2)c1. The molecule has 0 bridgehead atoms. The van der Waals surface area contributed by atoms with E-state index in [2.05, 4.69) is 16.0 Å². The molecule has 1 saturated carbocycles. The Kier molecular flexibility index (Phi) is 8.89. The van der Waals surface area contributed by atoms with Gasteiger partial charge in [-0.05, 0) is 63.3 Å². The maximum absolute atomic E-state index is 12.1. The van der Waals surface area contributed by atoms with E-state index < -0.39 is 11.7 Å². The molecule has 0 aliphatic heterocycles. The third kappa shape index (κ3) is 9.58. The van der Waals surface area contributed by atoms with Crippen LogP contribution in [0.2, 0.25) is 0 Å². The number of amides is 3. The predicted molar refractivity (Wildman–Crippen MR) is 117 cm³/mol. The number of anilines is 1. The average molecular weight is 416 g/mol. The number of hydrogen-bond acceptors (Lipinski definition) is 4. The van der Waals surface area contributed by atoms with E-state index in [0.717, 1.165) is 5.56 Å². The summed E-state index contributed by atoms with van der Waals surface area (Å²) in [6, 6.07) is 7.32. The fraction of sp³-hybridized carbons (Fsp3) is 0.522. The number of nitrogens with one attached hydrogen (secondary N) is 3. The second kappa shape index (κ2) is 11.4. The van der Waals surface area contributed by atoms with Crippen LogP contribution in [-0.4, -0.2) is 30.1 Å². The number of ether oxygens (including phenoxy) is 1. The molecule has 0 saturated heterocycles. The van der Waals surface area contributed by atoms with Gasteiger partial charge in [0.15, 0.2) is 0 Å². The van der Waals surface area contributed by atoms with Gasteiger partial charge in [-0.1, -0.05) is 31.1 Å². The molecule has 2 rings (SSSR count). The lowest BCUT2D eigenvalue weighted by atomic mass is 10.1.